The molecule has 1 aliphatic rings. The molecule has 0 amide bonds. The lowest BCUT2D eigenvalue weighted by Gasteiger charge is -2.06. The highest BCUT2D eigenvalue weighted by Crippen LogP contribution is 2.37. The van der Waals surface area contributed by atoms with Crippen LogP contribution in [0, 0.1) is 6.92 Å². The van der Waals surface area contributed by atoms with E-state index in [1.807, 2.05) is 13.8 Å². The van der Waals surface area contributed by atoms with Crippen LogP contribution in [0.25, 0.3) is 11.1 Å². The summed E-state index contributed by atoms with van der Waals surface area (Å²) in [5.74, 6) is 0. The van der Waals surface area contributed by atoms with E-state index in [2.05, 4.69) is 64.9 Å². The second-order valence-corrected chi connectivity index (χ2v) is 8.38. The monoisotopic (exact) mass is 420 g/mol. The van der Waals surface area contributed by atoms with Crippen LogP contribution in [0.2, 0.25) is 0 Å². The van der Waals surface area contributed by atoms with E-state index in [-0.39, 0.29) is 0 Å². The van der Waals surface area contributed by atoms with Crippen molar-refractivity contribution in [2.24, 2.45) is 5.16 Å². The molecule has 0 N–H and O–H groups in total. The normalized spacial score (nSPS) is 12.9. The Balaban J connectivity index is 0.00000124. The third kappa shape index (κ3) is 5.17. The van der Waals surface area contributed by atoms with E-state index in [9.17, 15) is 0 Å². The minimum absolute atomic E-state index is 0.952. The Bertz CT molecular complexity index is 990. The van der Waals surface area contributed by atoms with Gasteiger partial charge in [-0.05, 0) is 55.4 Å². The molecule has 0 saturated heterocycles. The molecule has 0 unspecified atom stereocenters. The van der Waals surface area contributed by atoms with E-state index in [0.717, 1.165) is 24.1 Å². The van der Waals surface area contributed by atoms with Crippen LogP contribution >= 0.6 is 11.3 Å². The molecule has 0 radical (unpaired) electrons. The van der Waals surface area contributed by atoms with E-state index in [1.165, 1.54) is 58.6 Å². The van der Waals surface area contributed by atoms with Gasteiger partial charge in [0, 0.05) is 16.5 Å². The highest BCUT2D eigenvalue weighted by molar-refractivity contribution is 7.09. The number of benzene rings is 2. The smallest absolute Gasteiger partial charge is 0.118 e. The van der Waals surface area contributed by atoms with Crippen LogP contribution in [0.4, 0.5) is 0 Å². The predicted octanol–water partition coefficient (Wildman–Crippen LogP) is 7.20. The maximum absolute atomic E-state index is 5.13. The highest BCUT2D eigenvalue weighted by Gasteiger charge is 2.25. The Morgan fingerprint density at radius 2 is 1.57 bits per heavy atom. The molecule has 0 atom stereocenters. The average Bonchev–Trinajstić information content (AvgIpc) is 3.33. The first kappa shape index (κ1) is 22.2. The summed E-state index contributed by atoms with van der Waals surface area (Å²) in [4.78, 5) is 9.67. The molecule has 1 aliphatic carbocycles. The molecule has 1 heterocycles. The van der Waals surface area contributed by atoms with Crippen molar-refractivity contribution >= 4 is 17.0 Å². The standard InChI is InChI=1S/C24H26N2OS.C2H6/c1-17-25-19(16-28-17)10-6-4-3-5-9-18-13-14-21-20-11-7-8-12-22(20)24(26-27-2)23(21)15-18;1-2/h7-8,11-16H,3-6,9-10H2,1-2H3;1-2H3/b26-24-;. The van der Waals surface area contributed by atoms with E-state index in [1.54, 1.807) is 18.4 Å². The molecule has 0 bridgehead atoms. The van der Waals surface area contributed by atoms with Gasteiger partial charge in [-0.15, -0.1) is 11.3 Å². The summed E-state index contributed by atoms with van der Waals surface area (Å²) in [5.41, 5.74) is 8.45. The highest BCUT2D eigenvalue weighted by atomic mass is 32.1. The van der Waals surface area contributed by atoms with E-state index < -0.39 is 0 Å². The molecular weight excluding hydrogens is 388 g/mol. The number of hydrogen-bond donors (Lipinski definition) is 0. The number of thiazole rings is 1. The number of aromatic nitrogens is 1. The second kappa shape index (κ2) is 11.1. The number of unbranched alkanes of at least 4 members (excludes halogenated alkanes) is 3. The lowest BCUT2D eigenvalue weighted by molar-refractivity contribution is 0.214. The largest absolute Gasteiger partial charge is 0.399 e. The molecule has 0 saturated carbocycles. The van der Waals surface area contributed by atoms with Crippen LogP contribution in [0.1, 0.15) is 66.9 Å². The third-order valence-corrected chi connectivity index (χ3v) is 6.13. The number of fused-ring (bicyclic) bond motifs is 3. The van der Waals surface area contributed by atoms with Gasteiger partial charge in [0.2, 0.25) is 0 Å². The van der Waals surface area contributed by atoms with Gasteiger partial charge in [-0.3, -0.25) is 0 Å². The molecule has 0 fully saturated rings. The zero-order chi connectivity index (χ0) is 21.3. The van der Waals surface area contributed by atoms with Crippen LogP contribution in [0.3, 0.4) is 0 Å². The number of nitrogens with zero attached hydrogens (tertiary/aromatic N) is 2. The molecule has 4 rings (SSSR count). The van der Waals surface area contributed by atoms with Gasteiger partial charge < -0.3 is 4.84 Å². The van der Waals surface area contributed by atoms with Gasteiger partial charge in [0.25, 0.3) is 0 Å². The predicted molar refractivity (Wildman–Crippen MR) is 129 cm³/mol. The van der Waals surface area contributed by atoms with Crippen molar-refractivity contribution in [1.82, 2.24) is 4.98 Å². The quantitative estimate of drug-likeness (QED) is 0.223. The molecule has 3 aromatic rings. The summed E-state index contributed by atoms with van der Waals surface area (Å²) in [7, 11) is 1.62. The topological polar surface area (TPSA) is 34.5 Å². The van der Waals surface area contributed by atoms with Crippen LogP contribution in [0.5, 0.6) is 0 Å². The van der Waals surface area contributed by atoms with Crippen LogP contribution in [-0.2, 0) is 17.7 Å². The van der Waals surface area contributed by atoms with Gasteiger partial charge in [0.1, 0.15) is 12.8 Å². The summed E-state index contributed by atoms with van der Waals surface area (Å²) in [6, 6.07) is 15.2. The molecule has 4 heteroatoms. The van der Waals surface area contributed by atoms with Crippen LogP contribution in [-0.4, -0.2) is 17.8 Å². The van der Waals surface area contributed by atoms with Crippen LogP contribution in [0.15, 0.2) is 53.0 Å². The van der Waals surface area contributed by atoms with E-state index in [4.69, 9.17) is 4.84 Å². The molecule has 1 aromatic heterocycles. The number of hydrogen-bond acceptors (Lipinski definition) is 4. The SMILES string of the molecule is CC.CO/N=C1/c2ccccc2-c2ccc(CCCCCCc3csc(C)n3)cc21. The lowest BCUT2D eigenvalue weighted by atomic mass is 9.99. The Hall–Kier alpha value is -2.46. The van der Waals surface area contributed by atoms with Crippen molar-refractivity contribution in [3.8, 4) is 11.1 Å². The average molecular weight is 421 g/mol. The van der Waals surface area contributed by atoms with Gasteiger partial charge >= 0.3 is 0 Å². The first-order valence-electron chi connectivity index (χ1n) is 11.0. The molecular formula is C26H32N2OS. The zero-order valence-corrected chi connectivity index (χ0v) is 19.4. The van der Waals surface area contributed by atoms with Gasteiger partial charge in [-0.2, -0.15) is 0 Å². The van der Waals surface area contributed by atoms with E-state index >= 15 is 0 Å². The fraction of sp³-hybridized carbons (Fsp3) is 0.385. The Labute approximate surface area is 184 Å². The second-order valence-electron chi connectivity index (χ2n) is 7.32. The number of oxime groups is 1. The van der Waals surface area contributed by atoms with Gasteiger partial charge in [-0.25, -0.2) is 4.98 Å². The Morgan fingerprint density at radius 3 is 2.27 bits per heavy atom. The molecule has 0 spiro atoms. The summed E-state index contributed by atoms with van der Waals surface area (Å²) >= 11 is 1.75. The summed E-state index contributed by atoms with van der Waals surface area (Å²) in [5, 5.41) is 7.67. The number of rotatable bonds is 8. The van der Waals surface area contributed by atoms with Crippen molar-refractivity contribution in [2.75, 3.05) is 7.11 Å². The molecule has 3 nitrogen and oxygen atoms in total. The van der Waals surface area contributed by atoms with Crippen molar-refractivity contribution < 1.29 is 4.84 Å². The fourth-order valence-electron chi connectivity index (χ4n) is 3.95. The third-order valence-electron chi connectivity index (χ3n) is 5.31. The number of aryl methyl sites for hydroxylation is 3. The summed E-state index contributed by atoms with van der Waals surface area (Å²) in [6.07, 6.45) is 7.20. The molecule has 0 aliphatic heterocycles. The Morgan fingerprint density at radius 1 is 0.867 bits per heavy atom. The van der Waals surface area contributed by atoms with Crippen molar-refractivity contribution in [1.29, 1.82) is 0 Å². The lowest BCUT2D eigenvalue weighted by Crippen LogP contribution is -2.00. The summed E-state index contributed by atoms with van der Waals surface area (Å²) in [6.45, 7) is 6.08. The summed E-state index contributed by atoms with van der Waals surface area (Å²) < 4.78 is 0. The molecule has 158 valence electrons. The zero-order valence-electron chi connectivity index (χ0n) is 18.6. The fourth-order valence-corrected chi connectivity index (χ4v) is 4.60. The maximum Gasteiger partial charge on any atom is 0.118 e. The molecule has 30 heavy (non-hydrogen) atoms. The van der Waals surface area contributed by atoms with E-state index in [0.29, 0.717) is 0 Å². The Kier molecular flexibility index (Phi) is 8.21. The van der Waals surface area contributed by atoms with Crippen molar-refractivity contribution in [2.45, 2.75) is 59.3 Å². The minimum atomic E-state index is 0.952. The van der Waals surface area contributed by atoms with Crippen molar-refractivity contribution in [3.05, 3.63) is 75.2 Å². The van der Waals surface area contributed by atoms with Gasteiger partial charge in [0.15, 0.2) is 0 Å². The van der Waals surface area contributed by atoms with Crippen LogP contribution < -0.4 is 0 Å². The molecule has 2 aromatic carbocycles. The first-order chi connectivity index (χ1) is 14.8. The van der Waals surface area contributed by atoms with Gasteiger partial charge in [0.05, 0.1) is 10.7 Å². The van der Waals surface area contributed by atoms with Gasteiger partial charge in [-0.1, -0.05) is 68.2 Å². The maximum atomic E-state index is 5.13. The minimum Gasteiger partial charge on any atom is -0.399 e. The van der Waals surface area contributed by atoms with Crippen molar-refractivity contribution in [3.63, 3.8) is 0 Å². The first-order valence-corrected chi connectivity index (χ1v) is 11.9.